The largest absolute Gasteiger partial charge is 0.417 e. The number of aromatic nitrogens is 1. The lowest BCUT2D eigenvalue weighted by atomic mass is 9.97. The number of alkyl halides is 3. The van der Waals surface area contributed by atoms with Crippen molar-refractivity contribution in [3.8, 4) is 0 Å². The summed E-state index contributed by atoms with van der Waals surface area (Å²) in [5.41, 5.74) is 9.84. The maximum Gasteiger partial charge on any atom is 0.417 e. The van der Waals surface area contributed by atoms with Crippen molar-refractivity contribution in [3.05, 3.63) is 53.2 Å². The molecular formula is C16H17F3N4O. The molecule has 0 aliphatic carbocycles. The van der Waals surface area contributed by atoms with E-state index < -0.39 is 23.1 Å². The highest BCUT2D eigenvalue weighted by Crippen LogP contribution is 2.34. The molecule has 8 heteroatoms. The van der Waals surface area contributed by atoms with Gasteiger partial charge in [0.05, 0.1) is 11.1 Å². The highest BCUT2D eigenvalue weighted by molar-refractivity contribution is 6.12. The summed E-state index contributed by atoms with van der Waals surface area (Å²) in [5, 5.41) is 2.94. The third-order valence-electron chi connectivity index (χ3n) is 3.36. The lowest BCUT2D eigenvalue weighted by Crippen LogP contribution is -2.16. The Balaban J connectivity index is 2.46. The Kier molecular flexibility index (Phi) is 5.40. The van der Waals surface area contributed by atoms with Crippen molar-refractivity contribution in [2.75, 3.05) is 24.1 Å². The second-order valence-electron chi connectivity index (χ2n) is 5.09. The van der Waals surface area contributed by atoms with Gasteiger partial charge in [-0.15, -0.1) is 0 Å². The van der Waals surface area contributed by atoms with Gasteiger partial charge >= 0.3 is 6.18 Å². The maximum absolute atomic E-state index is 13.2. The van der Waals surface area contributed by atoms with Crippen LogP contribution in [-0.2, 0) is 6.18 Å². The number of carbonyl (C=O) groups is 1. The molecule has 0 aliphatic heterocycles. The van der Waals surface area contributed by atoms with Gasteiger partial charge in [-0.3, -0.25) is 4.79 Å². The van der Waals surface area contributed by atoms with Crippen molar-refractivity contribution in [2.45, 2.75) is 12.6 Å². The Morgan fingerprint density at radius 1 is 1.21 bits per heavy atom. The van der Waals surface area contributed by atoms with E-state index in [1.165, 1.54) is 30.5 Å². The van der Waals surface area contributed by atoms with Crippen molar-refractivity contribution < 1.29 is 18.0 Å². The van der Waals surface area contributed by atoms with E-state index in [0.717, 1.165) is 6.07 Å². The van der Waals surface area contributed by atoms with Crippen LogP contribution in [0, 0.1) is 0 Å². The van der Waals surface area contributed by atoms with Gasteiger partial charge < -0.3 is 16.8 Å². The molecule has 0 atom stereocenters. The zero-order valence-corrected chi connectivity index (χ0v) is 12.7. The molecule has 1 aromatic carbocycles. The van der Waals surface area contributed by atoms with Gasteiger partial charge in [-0.25, -0.2) is 4.98 Å². The molecule has 0 bridgehead atoms. The van der Waals surface area contributed by atoms with Crippen molar-refractivity contribution in [2.24, 2.45) is 5.73 Å². The number of rotatable bonds is 6. The number of nitrogens with zero attached hydrogens (tertiary/aromatic N) is 1. The summed E-state index contributed by atoms with van der Waals surface area (Å²) < 4.78 is 39.7. The number of halogens is 3. The quantitative estimate of drug-likeness (QED) is 0.556. The summed E-state index contributed by atoms with van der Waals surface area (Å²) in [7, 11) is 0. The standard InChI is InChI=1S/C16H17F3N4O/c17-16(18,19)13-5-4-10(22-8-2-6-20)9-12(13)14(24)11-3-1-7-23-15(11)21/h1,3-5,7,9,22H,2,6,8,20H2,(H2,21,23). The molecule has 0 saturated heterocycles. The van der Waals surface area contributed by atoms with Crippen LogP contribution >= 0.6 is 0 Å². The van der Waals surface area contributed by atoms with Crippen molar-refractivity contribution in [1.82, 2.24) is 4.98 Å². The van der Waals surface area contributed by atoms with Crippen LogP contribution in [0.25, 0.3) is 0 Å². The minimum atomic E-state index is -4.66. The predicted octanol–water partition coefficient (Wildman–Crippen LogP) is 2.67. The third kappa shape index (κ3) is 4.02. The molecular weight excluding hydrogens is 321 g/mol. The van der Waals surface area contributed by atoms with Crippen molar-refractivity contribution in [1.29, 1.82) is 0 Å². The van der Waals surface area contributed by atoms with E-state index in [-0.39, 0.29) is 11.4 Å². The first-order chi connectivity index (χ1) is 11.3. The molecule has 0 amide bonds. The van der Waals surface area contributed by atoms with Crippen LogP contribution in [0.2, 0.25) is 0 Å². The fourth-order valence-corrected chi connectivity index (χ4v) is 2.18. The summed E-state index contributed by atoms with van der Waals surface area (Å²) in [5.74, 6) is -0.937. The van der Waals surface area contributed by atoms with Crippen LogP contribution in [0.1, 0.15) is 27.9 Å². The first-order valence-electron chi connectivity index (χ1n) is 7.25. The van der Waals surface area contributed by atoms with Gasteiger partial charge in [0.25, 0.3) is 0 Å². The van der Waals surface area contributed by atoms with Gasteiger partial charge in [0.15, 0.2) is 5.78 Å². The van der Waals surface area contributed by atoms with Crippen molar-refractivity contribution in [3.63, 3.8) is 0 Å². The van der Waals surface area contributed by atoms with Crippen LogP contribution in [0.15, 0.2) is 36.5 Å². The highest BCUT2D eigenvalue weighted by Gasteiger charge is 2.35. The summed E-state index contributed by atoms with van der Waals surface area (Å²) in [6.07, 6.45) is -2.64. The highest BCUT2D eigenvalue weighted by atomic mass is 19.4. The zero-order chi connectivity index (χ0) is 17.7. The van der Waals surface area contributed by atoms with Crippen LogP contribution in [0.4, 0.5) is 24.7 Å². The number of hydrogen-bond donors (Lipinski definition) is 3. The Morgan fingerprint density at radius 3 is 2.58 bits per heavy atom. The van der Waals surface area contributed by atoms with Gasteiger partial charge in [0.1, 0.15) is 5.82 Å². The molecule has 0 saturated carbocycles. The van der Waals surface area contributed by atoms with E-state index in [1.807, 2.05) is 0 Å². The Hall–Kier alpha value is -2.61. The van der Waals surface area contributed by atoms with Gasteiger partial charge in [0.2, 0.25) is 0 Å². The third-order valence-corrected chi connectivity index (χ3v) is 3.36. The molecule has 5 N–H and O–H groups in total. The number of anilines is 2. The van der Waals surface area contributed by atoms with E-state index in [2.05, 4.69) is 10.3 Å². The number of hydrogen-bond acceptors (Lipinski definition) is 5. The minimum Gasteiger partial charge on any atom is -0.385 e. The number of ketones is 1. The molecule has 1 heterocycles. The van der Waals surface area contributed by atoms with E-state index in [0.29, 0.717) is 25.2 Å². The van der Waals surface area contributed by atoms with Gasteiger partial charge in [-0.05, 0) is 43.3 Å². The SMILES string of the molecule is NCCCNc1ccc(C(F)(F)F)c(C(=O)c2cccnc2N)c1. The van der Waals surface area contributed by atoms with Crippen molar-refractivity contribution >= 4 is 17.3 Å². The van der Waals surface area contributed by atoms with E-state index in [9.17, 15) is 18.0 Å². The summed E-state index contributed by atoms with van der Waals surface area (Å²) in [6.45, 7) is 0.941. The number of carbonyl (C=O) groups excluding carboxylic acids is 1. The number of benzene rings is 1. The molecule has 0 spiro atoms. The second kappa shape index (κ2) is 7.31. The molecule has 2 aromatic rings. The molecule has 2 rings (SSSR count). The zero-order valence-electron chi connectivity index (χ0n) is 12.7. The minimum absolute atomic E-state index is 0.0675. The molecule has 0 radical (unpaired) electrons. The molecule has 24 heavy (non-hydrogen) atoms. The lowest BCUT2D eigenvalue weighted by Gasteiger charge is -2.15. The fourth-order valence-electron chi connectivity index (χ4n) is 2.18. The van der Waals surface area contributed by atoms with Crippen LogP contribution in [0.5, 0.6) is 0 Å². The normalized spacial score (nSPS) is 11.3. The monoisotopic (exact) mass is 338 g/mol. The molecule has 1 aromatic heterocycles. The smallest absolute Gasteiger partial charge is 0.385 e. The Bertz CT molecular complexity index is 732. The van der Waals surface area contributed by atoms with Crippen LogP contribution in [-0.4, -0.2) is 23.9 Å². The Labute approximate surface area is 136 Å². The van der Waals surface area contributed by atoms with E-state index in [4.69, 9.17) is 11.5 Å². The average Bonchev–Trinajstić information content (AvgIpc) is 2.54. The molecule has 0 aliphatic rings. The fraction of sp³-hybridized carbons (Fsp3) is 0.250. The lowest BCUT2D eigenvalue weighted by molar-refractivity contribution is -0.137. The summed E-state index contributed by atoms with van der Waals surface area (Å²) in [6, 6.07) is 6.13. The van der Waals surface area contributed by atoms with Gasteiger partial charge in [0, 0.05) is 24.0 Å². The number of pyridine rings is 1. The van der Waals surface area contributed by atoms with Crippen LogP contribution in [0.3, 0.4) is 0 Å². The predicted molar refractivity (Wildman–Crippen MR) is 85.7 cm³/mol. The summed E-state index contributed by atoms with van der Waals surface area (Å²) in [4.78, 5) is 16.3. The van der Waals surface area contributed by atoms with Gasteiger partial charge in [-0.1, -0.05) is 0 Å². The van der Waals surface area contributed by atoms with Crippen LogP contribution < -0.4 is 16.8 Å². The topological polar surface area (TPSA) is 94.0 Å². The molecule has 128 valence electrons. The molecule has 0 unspecified atom stereocenters. The number of nitrogen functional groups attached to an aromatic ring is 1. The van der Waals surface area contributed by atoms with Gasteiger partial charge in [-0.2, -0.15) is 13.2 Å². The maximum atomic E-state index is 13.2. The van der Waals surface area contributed by atoms with E-state index in [1.54, 1.807) is 0 Å². The first-order valence-corrected chi connectivity index (χ1v) is 7.25. The second-order valence-corrected chi connectivity index (χ2v) is 5.09. The Morgan fingerprint density at radius 2 is 1.96 bits per heavy atom. The molecule has 0 fully saturated rings. The van der Waals surface area contributed by atoms with E-state index >= 15 is 0 Å². The molecule has 5 nitrogen and oxygen atoms in total. The number of nitrogens with two attached hydrogens (primary N) is 2. The number of nitrogens with one attached hydrogen (secondary N) is 1. The summed E-state index contributed by atoms with van der Waals surface area (Å²) >= 11 is 0. The average molecular weight is 338 g/mol. The first kappa shape index (κ1) is 17.7.